The molecular formula is C25H25N7O3S. The zero-order valence-corrected chi connectivity index (χ0v) is 20.5. The molecule has 1 fully saturated rings. The molecule has 0 unspecified atom stereocenters. The van der Waals surface area contributed by atoms with Gasteiger partial charge >= 0.3 is 0 Å². The van der Waals surface area contributed by atoms with Gasteiger partial charge in [-0.15, -0.1) is 11.3 Å². The van der Waals surface area contributed by atoms with Crippen molar-refractivity contribution in [3.05, 3.63) is 53.1 Å². The Morgan fingerprint density at radius 2 is 2.14 bits per heavy atom. The van der Waals surface area contributed by atoms with Crippen LogP contribution in [0, 0.1) is 0 Å². The second kappa shape index (κ2) is 9.15. The van der Waals surface area contributed by atoms with Crippen LogP contribution in [0.2, 0.25) is 0 Å². The first-order chi connectivity index (χ1) is 17.6. The van der Waals surface area contributed by atoms with Crippen molar-refractivity contribution < 1.29 is 14.3 Å². The number of thiophene rings is 1. The fourth-order valence-corrected chi connectivity index (χ4v) is 5.46. The van der Waals surface area contributed by atoms with Crippen molar-refractivity contribution in [3.8, 4) is 22.8 Å². The molecule has 0 radical (unpaired) electrons. The third-order valence-corrected chi connectivity index (χ3v) is 7.29. The van der Waals surface area contributed by atoms with Crippen LogP contribution >= 0.6 is 11.3 Å². The number of nitrogen functional groups attached to an aromatic ring is 1. The Labute approximate surface area is 211 Å². The third kappa shape index (κ3) is 3.81. The Morgan fingerprint density at radius 1 is 1.25 bits per heavy atom. The molecule has 0 spiro atoms. The predicted octanol–water partition coefficient (Wildman–Crippen LogP) is 4.29. The van der Waals surface area contributed by atoms with E-state index in [2.05, 4.69) is 32.5 Å². The van der Waals surface area contributed by atoms with Crippen molar-refractivity contribution in [2.24, 2.45) is 0 Å². The van der Waals surface area contributed by atoms with Gasteiger partial charge in [-0.3, -0.25) is 4.79 Å². The molecule has 0 saturated carbocycles. The molecule has 5 heterocycles. The minimum atomic E-state index is -0.203. The van der Waals surface area contributed by atoms with E-state index in [9.17, 15) is 4.79 Å². The molecule has 2 aliphatic heterocycles. The summed E-state index contributed by atoms with van der Waals surface area (Å²) in [6.07, 6.45) is 7.67. The summed E-state index contributed by atoms with van der Waals surface area (Å²) >= 11 is 1.37. The second-order valence-electron chi connectivity index (χ2n) is 8.68. The van der Waals surface area contributed by atoms with E-state index in [1.807, 2.05) is 29.1 Å². The van der Waals surface area contributed by atoms with Crippen molar-refractivity contribution in [2.75, 3.05) is 30.9 Å². The summed E-state index contributed by atoms with van der Waals surface area (Å²) in [4.78, 5) is 24.4. The van der Waals surface area contributed by atoms with Crippen LogP contribution in [0.4, 0.5) is 11.5 Å². The summed E-state index contributed by atoms with van der Waals surface area (Å²) in [7, 11) is 0. The van der Waals surface area contributed by atoms with Crippen molar-refractivity contribution in [1.82, 2.24) is 24.6 Å². The number of carbonyl (C=O) groups excluding carboxylic acids is 1. The summed E-state index contributed by atoms with van der Waals surface area (Å²) in [5.41, 5.74) is 8.92. The largest absolute Gasteiger partial charge is 0.453 e. The minimum Gasteiger partial charge on any atom is -0.453 e. The van der Waals surface area contributed by atoms with Crippen molar-refractivity contribution >= 4 is 39.8 Å². The number of likely N-dealkylation sites (tertiary alicyclic amines) is 1. The van der Waals surface area contributed by atoms with Crippen LogP contribution in [-0.2, 0) is 0 Å². The van der Waals surface area contributed by atoms with Gasteiger partial charge in [-0.2, -0.15) is 5.10 Å². The maximum atomic E-state index is 12.6. The van der Waals surface area contributed by atoms with Crippen LogP contribution in [0.1, 0.15) is 35.5 Å². The lowest BCUT2D eigenvalue weighted by Gasteiger charge is -2.32. The molecule has 1 aromatic carbocycles. The lowest BCUT2D eigenvalue weighted by atomic mass is 10.1. The van der Waals surface area contributed by atoms with E-state index in [0.717, 1.165) is 25.9 Å². The highest BCUT2D eigenvalue weighted by molar-refractivity contribution is 7.12. The fourth-order valence-electron chi connectivity index (χ4n) is 4.84. The topological polar surface area (TPSA) is 120 Å². The quantitative estimate of drug-likeness (QED) is 0.414. The second-order valence-corrected chi connectivity index (χ2v) is 9.63. The molecule has 3 N–H and O–H groups in total. The minimum absolute atomic E-state index is 0.0414. The molecule has 0 bridgehead atoms. The Balaban J connectivity index is 1.43. The van der Waals surface area contributed by atoms with Gasteiger partial charge in [-0.05, 0) is 49.5 Å². The number of nitrogens with two attached hydrogens (primary N) is 1. The van der Waals surface area contributed by atoms with Crippen molar-refractivity contribution in [2.45, 2.75) is 25.8 Å². The molecule has 2 aliphatic rings. The monoisotopic (exact) mass is 503 g/mol. The molecule has 184 valence electrons. The number of anilines is 2. The zero-order chi connectivity index (χ0) is 24.6. The highest BCUT2D eigenvalue weighted by atomic mass is 32.1. The van der Waals surface area contributed by atoms with Crippen molar-refractivity contribution in [3.63, 3.8) is 0 Å². The molecule has 6 rings (SSSR count). The Morgan fingerprint density at radius 3 is 2.97 bits per heavy atom. The fraction of sp³-hybridized carbons (Fsp3) is 0.280. The number of ether oxygens (including phenoxy) is 2. The van der Waals surface area contributed by atoms with Crippen LogP contribution in [0.5, 0.6) is 11.5 Å². The molecule has 1 atom stereocenters. The van der Waals surface area contributed by atoms with E-state index in [0.29, 0.717) is 50.2 Å². The standard InChI is InChI=1S/C25H25N7O3S/c1-2-9-31-10-3-5-15(12-31)32-24-19(23(26)27-13-28-24)20(30-32)16-7-8-17(22-21(16)34-14-35-22)29-25(33)18-6-4-11-36-18/h2,4,6-9,11,13,15H,3,5,10,12,14H2,1H3,(H,29,33)(H2,26,27,28)/t15-/m1/s1. The summed E-state index contributed by atoms with van der Waals surface area (Å²) < 4.78 is 13.6. The van der Waals surface area contributed by atoms with E-state index >= 15 is 0 Å². The van der Waals surface area contributed by atoms with E-state index in [-0.39, 0.29) is 18.7 Å². The Kier molecular flexibility index (Phi) is 5.68. The summed E-state index contributed by atoms with van der Waals surface area (Å²) in [5.74, 6) is 1.12. The van der Waals surface area contributed by atoms with E-state index < -0.39 is 0 Å². The van der Waals surface area contributed by atoms with Gasteiger partial charge in [0, 0.05) is 18.7 Å². The van der Waals surface area contributed by atoms with Crippen LogP contribution in [-0.4, -0.2) is 50.4 Å². The average molecular weight is 504 g/mol. The first-order valence-electron chi connectivity index (χ1n) is 11.8. The lowest BCUT2D eigenvalue weighted by Crippen LogP contribution is -2.33. The molecular weight excluding hydrogens is 478 g/mol. The van der Waals surface area contributed by atoms with E-state index in [1.54, 1.807) is 12.1 Å². The van der Waals surface area contributed by atoms with Crippen LogP contribution < -0.4 is 20.5 Å². The number of hydrogen-bond donors (Lipinski definition) is 2. The SMILES string of the molecule is CC=CN1CCC[C@@H](n2nc(-c3ccc(NC(=O)c4cccs4)c4c3OCO4)c3c(N)ncnc32)C1. The van der Waals surface area contributed by atoms with Gasteiger partial charge in [0.1, 0.15) is 17.8 Å². The molecule has 1 saturated heterocycles. The number of piperidine rings is 1. The number of fused-ring (bicyclic) bond motifs is 2. The van der Waals surface area contributed by atoms with Gasteiger partial charge in [0.05, 0.1) is 22.0 Å². The third-order valence-electron chi connectivity index (χ3n) is 6.42. The summed E-state index contributed by atoms with van der Waals surface area (Å²) in [5, 5.41) is 10.5. The van der Waals surface area contributed by atoms with Gasteiger partial charge in [0.25, 0.3) is 5.91 Å². The smallest absolute Gasteiger partial charge is 0.265 e. The first kappa shape index (κ1) is 22.4. The summed E-state index contributed by atoms with van der Waals surface area (Å²) in [6.45, 7) is 3.91. The number of nitrogens with zero attached hydrogens (tertiary/aromatic N) is 5. The molecule has 36 heavy (non-hydrogen) atoms. The van der Waals surface area contributed by atoms with Crippen LogP contribution in [0.15, 0.2) is 48.2 Å². The number of amides is 1. The maximum absolute atomic E-state index is 12.6. The van der Waals surface area contributed by atoms with E-state index in [1.165, 1.54) is 17.7 Å². The number of carbonyl (C=O) groups is 1. The zero-order valence-electron chi connectivity index (χ0n) is 19.7. The number of nitrogens with one attached hydrogen (secondary N) is 1. The van der Waals surface area contributed by atoms with Crippen LogP contribution in [0.3, 0.4) is 0 Å². The molecule has 10 nitrogen and oxygen atoms in total. The average Bonchev–Trinajstić information content (AvgIpc) is 3.65. The van der Waals surface area contributed by atoms with Gasteiger partial charge in [0.15, 0.2) is 17.1 Å². The predicted molar refractivity (Wildman–Crippen MR) is 138 cm³/mol. The first-order valence-corrected chi connectivity index (χ1v) is 12.7. The molecule has 0 aliphatic carbocycles. The Hall–Kier alpha value is -4.12. The molecule has 11 heteroatoms. The number of rotatable bonds is 5. The van der Waals surface area contributed by atoms with Gasteiger partial charge in [-0.1, -0.05) is 12.1 Å². The Bertz CT molecular complexity index is 1460. The number of allylic oxidation sites excluding steroid dienone is 1. The van der Waals surface area contributed by atoms with E-state index in [4.69, 9.17) is 20.3 Å². The normalized spacial score (nSPS) is 17.2. The van der Waals surface area contributed by atoms with Gasteiger partial charge in [0.2, 0.25) is 6.79 Å². The number of aromatic nitrogens is 4. The van der Waals surface area contributed by atoms with Crippen LogP contribution in [0.25, 0.3) is 22.3 Å². The summed E-state index contributed by atoms with van der Waals surface area (Å²) in [6, 6.07) is 7.41. The molecule has 3 aromatic heterocycles. The van der Waals surface area contributed by atoms with Gasteiger partial charge in [-0.25, -0.2) is 14.6 Å². The molecule has 1 amide bonds. The maximum Gasteiger partial charge on any atom is 0.265 e. The number of hydrogen-bond acceptors (Lipinski definition) is 9. The van der Waals surface area contributed by atoms with Crippen molar-refractivity contribution in [1.29, 1.82) is 0 Å². The van der Waals surface area contributed by atoms with Gasteiger partial charge < -0.3 is 25.4 Å². The highest BCUT2D eigenvalue weighted by Crippen LogP contribution is 2.48. The number of benzene rings is 1. The lowest BCUT2D eigenvalue weighted by molar-refractivity contribution is 0.102. The molecule has 4 aromatic rings. The highest BCUT2D eigenvalue weighted by Gasteiger charge is 2.30.